The number of carbonyl (C=O) groups excluding carboxylic acids is 2. The van der Waals surface area contributed by atoms with Crippen molar-refractivity contribution in [2.45, 2.75) is 30.0 Å². The number of rotatable bonds is 2. The summed E-state index contributed by atoms with van der Waals surface area (Å²) in [5, 5.41) is 12.7. The Morgan fingerprint density at radius 2 is 2.03 bits per heavy atom. The second kappa shape index (κ2) is 7.77. The molecule has 10 heteroatoms. The van der Waals surface area contributed by atoms with Gasteiger partial charge in [0.05, 0.1) is 29.3 Å². The van der Waals surface area contributed by atoms with Gasteiger partial charge in [0.25, 0.3) is 0 Å². The maximum Gasteiger partial charge on any atom is 0.337 e. The summed E-state index contributed by atoms with van der Waals surface area (Å²) in [5.41, 5.74) is 2.39. The van der Waals surface area contributed by atoms with Crippen LogP contribution in [-0.4, -0.2) is 34.8 Å². The fraction of sp³-hybridized carbons (Fsp3) is 0.222. The van der Waals surface area contributed by atoms with Gasteiger partial charge in [-0.05, 0) is 42.0 Å². The van der Waals surface area contributed by atoms with Gasteiger partial charge in [0.1, 0.15) is 11.4 Å². The van der Waals surface area contributed by atoms with Crippen LogP contribution in [0.15, 0.2) is 54.6 Å². The van der Waals surface area contributed by atoms with Crippen molar-refractivity contribution in [2.24, 2.45) is 0 Å². The lowest BCUT2D eigenvalue weighted by atomic mass is 9.74. The normalized spacial score (nSPS) is 25.3. The molecule has 2 N–H and O–H groups in total. The number of esters is 1. The van der Waals surface area contributed by atoms with Gasteiger partial charge >= 0.3 is 5.97 Å². The van der Waals surface area contributed by atoms with E-state index in [1.165, 1.54) is 13.2 Å². The van der Waals surface area contributed by atoms with Crippen molar-refractivity contribution < 1.29 is 18.7 Å². The molecule has 0 unspecified atom stereocenters. The molecule has 1 spiro atoms. The van der Waals surface area contributed by atoms with E-state index in [1.807, 2.05) is 10.7 Å². The first kappa shape index (κ1) is 22.7. The molecule has 4 heterocycles. The minimum atomic E-state index is -1.26. The Labute approximate surface area is 220 Å². The highest BCUT2D eigenvalue weighted by Gasteiger charge is 2.65. The highest BCUT2D eigenvalue weighted by molar-refractivity contribution is 6.31. The molecule has 1 fully saturated rings. The fourth-order valence-electron chi connectivity index (χ4n) is 6.43. The summed E-state index contributed by atoms with van der Waals surface area (Å²) in [6, 6.07) is 14.7. The number of nitrogens with zero attached hydrogens (tertiary/aromatic N) is 2. The number of amides is 1. The van der Waals surface area contributed by atoms with Crippen molar-refractivity contribution in [3.8, 4) is 0 Å². The zero-order valence-electron chi connectivity index (χ0n) is 19.4. The molecular formula is C27H19Cl2FN4O3. The molecule has 3 aliphatic heterocycles. The van der Waals surface area contributed by atoms with Crippen molar-refractivity contribution in [3.63, 3.8) is 0 Å². The van der Waals surface area contributed by atoms with Gasteiger partial charge in [-0.1, -0.05) is 41.4 Å². The summed E-state index contributed by atoms with van der Waals surface area (Å²) in [6.45, 7) is 0. The van der Waals surface area contributed by atoms with Crippen molar-refractivity contribution in [2.75, 3.05) is 12.4 Å². The summed E-state index contributed by atoms with van der Waals surface area (Å²) < 4.78 is 22.4. The first-order valence-electron chi connectivity index (χ1n) is 11.8. The number of carbonyl (C=O) groups is 2. The average molecular weight is 537 g/mol. The molecule has 7 nitrogen and oxygen atoms in total. The van der Waals surface area contributed by atoms with E-state index in [1.54, 1.807) is 42.5 Å². The smallest absolute Gasteiger partial charge is 0.337 e. The van der Waals surface area contributed by atoms with E-state index in [4.69, 9.17) is 33.0 Å². The van der Waals surface area contributed by atoms with E-state index in [9.17, 15) is 9.59 Å². The third-order valence-electron chi connectivity index (χ3n) is 7.88. The first-order chi connectivity index (χ1) is 17.8. The zero-order chi connectivity index (χ0) is 25.6. The maximum absolute atomic E-state index is 15.7. The Morgan fingerprint density at radius 1 is 1.19 bits per heavy atom. The molecule has 7 rings (SSSR count). The number of hydrogen-bond donors (Lipinski definition) is 2. The van der Waals surface area contributed by atoms with Crippen molar-refractivity contribution in [3.05, 3.63) is 92.8 Å². The van der Waals surface area contributed by atoms with Crippen LogP contribution in [-0.2, 0) is 21.5 Å². The Hall–Kier alpha value is -3.46. The molecule has 0 saturated carbocycles. The van der Waals surface area contributed by atoms with Crippen molar-refractivity contribution in [1.29, 1.82) is 0 Å². The highest BCUT2D eigenvalue weighted by atomic mass is 35.5. The topological polar surface area (TPSA) is 85.2 Å². The fourth-order valence-corrected chi connectivity index (χ4v) is 6.79. The lowest BCUT2D eigenvalue weighted by Crippen LogP contribution is -2.49. The number of aromatic nitrogens is 2. The van der Waals surface area contributed by atoms with E-state index in [-0.39, 0.29) is 17.0 Å². The number of hydrogen-bond acceptors (Lipinski definition) is 5. The predicted molar refractivity (Wildman–Crippen MR) is 137 cm³/mol. The van der Waals surface area contributed by atoms with E-state index in [2.05, 4.69) is 10.6 Å². The third kappa shape index (κ3) is 2.94. The van der Waals surface area contributed by atoms with Gasteiger partial charge in [0.15, 0.2) is 0 Å². The van der Waals surface area contributed by atoms with Crippen molar-refractivity contribution in [1.82, 2.24) is 15.1 Å². The summed E-state index contributed by atoms with van der Waals surface area (Å²) >= 11 is 12.5. The molecule has 1 saturated heterocycles. The molecular weight excluding hydrogens is 518 g/mol. The second-order valence-electron chi connectivity index (χ2n) is 9.63. The molecule has 1 aromatic heterocycles. The summed E-state index contributed by atoms with van der Waals surface area (Å²) in [6.07, 6.45) is 0.530. The average Bonchev–Trinajstić information content (AvgIpc) is 3.58. The van der Waals surface area contributed by atoms with Gasteiger partial charge in [-0.3, -0.25) is 14.8 Å². The molecule has 0 bridgehead atoms. The van der Waals surface area contributed by atoms with Crippen LogP contribution in [0.5, 0.6) is 0 Å². The Balaban J connectivity index is 1.47. The summed E-state index contributed by atoms with van der Waals surface area (Å²) in [4.78, 5) is 25.9. The van der Waals surface area contributed by atoms with E-state index < -0.39 is 29.3 Å². The van der Waals surface area contributed by atoms with Crippen LogP contribution in [0.1, 0.15) is 39.1 Å². The predicted octanol–water partition coefficient (Wildman–Crippen LogP) is 4.97. The molecule has 0 aliphatic carbocycles. The second-order valence-corrected chi connectivity index (χ2v) is 10.5. The summed E-state index contributed by atoms with van der Waals surface area (Å²) in [7, 11) is 1.34. The molecule has 3 aliphatic rings. The maximum atomic E-state index is 15.7. The van der Waals surface area contributed by atoms with Gasteiger partial charge in [-0.25, -0.2) is 9.18 Å². The van der Waals surface area contributed by atoms with Crippen molar-refractivity contribution >= 4 is 51.7 Å². The van der Waals surface area contributed by atoms with Gasteiger partial charge in [-0.15, -0.1) is 0 Å². The Kier molecular flexibility index (Phi) is 4.77. The largest absolute Gasteiger partial charge is 0.465 e. The lowest BCUT2D eigenvalue weighted by molar-refractivity contribution is -0.122. The van der Waals surface area contributed by atoms with Crippen LogP contribution in [0.2, 0.25) is 10.0 Å². The molecule has 0 radical (unpaired) electrons. The first-order valence-corrected chi connectivity index (χ1v) is 12.5. The van der Waals surface area contributed by atoms with Crippen LogP contribution in [0.25, 0.3) is 10.9 Å². The number of halogens is 3. The molecule has 4 aromatic rings. The van der Waals surface area contributed by atoms with Crippen LogP contribution in [0.3, 0.4) is 0 Å². The summed E-state index contributed by atoms with van der Waals surface area (Å²) in [5.74, 6) is -1.96. The molecule has 1 amide bonds. The van der Waals surface area contributed by atoms with E-state index >= 15 is 4.39 Å². The minimum absolute atomic E-state index is 0.0163. The molecule has 4 atom stereocenters. The van der Waals surface area contributed by atoms with E-state index in [0.29, 0.717) is 39.3 Å². The lowest BCUT2D eigenvalue weighted by Gasteiger charge is -2.33. The van der Waals surface area contributed by atoms with E-state index in [0.717, 1.165) is 11.1 Å². The van der Waals surface area contributed by atoms with Gasteiger partial charge in [-0.2, -0.15) is 5.10 Å². The molecule has 186 valence electrons. The molecule has 37 heavy (non-hydrogen) atoms. The van der Waals surface area contributed by atoms with Crippen LogP contribution < -0.4 is 10.6 Å². The number of nitrogens with one attached hydrogen (secondary N) is 2. The van der Waals surface area contributed by atoms with Gasteiger partial charge in [0.2, 0.25) is 5.91 Å². The number of anilines is 1. The van der Waals surface area contributed by atoms with Gasteiger partial charge in [0, 0.05) is 45.7 Å². The minimum Gasteiger partial charge on any atom is -0.465 e. The Morgan fingerprint density at radius 3 is 2.84 bits per heavy atom. The Bertz CT molecular complexity index is 1670. The SMILES string of the molecule is COC(=O)c1ccc2nn3c(c2c1)C[C@@H]1N[C@@]2(C(=O)Nc4cc(Cl)ccc42)[C@@H](c2cccc(Cl)c2F)[C@@H]13. The standard InChI is InChI=1S/C27H19Cl2FN4O3/c1-37-25(35)12-5-8-18-15(9-12)21-11-20-24(34(21)33-18)22(14-3-2-4-17(29)23(14)30)27(32-20)16-7-6-13(28)10-19(16)31-26(27)36/h2-10,20,22,24,32H,11H2,1H3,(H,31,36)/t20-,22-,24+,27+/m0/s1. The van der Waals surface area contributed by atoms with Crippen LogP contribution in [0.4, 0.5) is 10.1 Å². The van der Waals surface area contributed by atoms with Crippen LogP contribution in [0, 0.1) is 5.82 Å². The monoisotopic (exact) mass is 536 g/mol. The highest BCUT2D eigenvalue weighted by Crippen LogP contribution is 2.59. The number of fused-ring (bicyclic) bond motifs is 7. The number of benzene rings is 3. The molecule has 3 aromatic carbocycles. The quantitative estimate of drug-likeness (QED) is 0.353. The third-order valence-corrected chi connectivity index (χ3v) is 8.41. The zero-order valence-corrected chi connectivity index (χ0v) is 20.9. The van der Waals surface area contributed by atoms with Crippen LogP contribution >= 0.6 is 23.2 Å². The van der Waals surface area contributed by atoms with Gasteiger partial charge < -0.3 is 10.1 Å². The number of ether oxygens (including phenoxy) is 1. The number of methoxy groups -OCH3 is 1.